The molecular weight excluding hydrogens is 400 g/mol. The van der Waals surface area contributed by atoms with Crippen molar-refractivity contribution in [2.75, 3.05) is 31.6 Å². The second kappa shape index (κ2) is 10.4. The van der Waals surface area contributed by atoms with Gasteiger partial charge in [-0.1, -0.05) is 30.9 Å². The first-order valence-electron chi connectivity index (χ1n) is 11.1. The Bertz CT molecular complexity index is 1160. The van der Waals surface area contributed by atoms with Crippen LogP contribution in [0.1, 0.15) is 25.3 Å². The lowest BCUT2D eigenvalue weighted by atomic mass is 10.1. The summed E-state index contributed by atoms with van der Waals surface area (Å²) in [6, 6.07) is 1.66. The number of allylic oxidation sites excluding steroid dienone is 8. The molecule has 166 valence electrons. The molecule has 1 N–H and O–H groups in total. The van der Waals surface area contributed by atoms with Crippen LogP contribution < -0.4 is 10.7 Å². The van der Waals surface area contributed by atoms with Crippen molar-refractivity contribution < 1.29 is 4.74 Å². The Labute approximate surface area is 188 Å². The van der Waals surface area contributed by atoms with E-state index in [4.69, 9.17) is 4.74 Å². The summed E-state index contributed by atoms with van der Waals surface area (Å²) in [5.74, 6) is 0.723. The largest absolute Gasteiger partial charge is 0.379 e. The number of anilines is 1. The molecule has 0 aromatic carbocycles. The fourth-order valence-electron chi connectivity index (χ4n) is 4.15. The van der Waals surface area contributed by atoms with Gasteiger partial charge in [0.2, 0.25) is 0 Å². The van der Waals surface area contributed by atoms with Crippen LogP contribution in [0.15, 0.2) is 78.1 Å². The highest BCUT2D eigenvalue weighted by molar-refractivity contribution is 5.88. The first-order chi connectivity index (χ1) is 15.7. The molecule has 4 rings (SSSR count). The van der Waals surface area contributed by atoms with Crippen molar-refractivity contribution in [3.05, 3.63) is 89.1 Å². The molecule has 6 nitrogen and oxygen atoms in total. The van der Waals surface area contributed by atoms with E-state index in [9.17, 15) is 4.79 Å². The number of pyridine rings is 2. The van der Waals surface area contributed by atoms with Gasteiger partial charge >= 0.3 is 0 Å². The molecule has 0 amide bonds. The average molecular weight is 431 g/mol. The van der Waals surface area contributed by atoms with Crippen molar-refractivity contribution in [3.8, 4) is 0 Å². The lowest BCUT2D eigenvalue weighted by Gasteiger charge is -2.28. The average Bonchev–Trinajstić information content (AvgIpc) is 2.81. The highest BCUT2D eigenvalue weighted by Gasteiger charge is 2.19. The Balaban J connectivity index is 1.94. The lowest BCUT2D eigenvalue weighted by molar-refractivity contribution is 0.0343. The Morgan fingerprint density at radius 2 is 2.12 bits per heavy atom. The molecule has 2 aromatic rings. The Morgan fingerprint density at radius 1 is 1.28 bits per heavy atom. The van der Waals surface area contributed by atoms with Crippen molar-refractivity contribution in [3.63, 3.8) is 0 Å². The van der Waals surface area contributed by atoms with Crippen LogP contribution in [0.3, 0.4) is 0 Å². The predicted molar refractivity (Wildman–Crippen MR) is 131 cm³/mol. The summed E-state index contributed by atoms with van der Waals surface area (Å²) in [6.45, 7) is 9.76. The number of rotatable bonds is 7. The smallest absolute Gasteiger partial charge is 0.193 e. The molecule has 2 aliphatic rings. The van der Waals surface area contributed by atoms with Crippen LogP contribution in [0.5, 0.6) is 0 Å². The zero-order valence-electron chi connectivity index (χ0n) is 18.6. The van der Waals surface area contributed by atoms with E-state index < -0.39 is 0 Å². The Morgan fingerprint density at radius 3 is 2.84 bits per heavy atom. The monoisotopic (exact) mass is 430 g/mol. The van der Waals surface area contributed by atoms with E-state index in [1.807, 2.05) is 31.3 Å². The Kier molecular flexibility index (Phi) is 7.14. The van der Waals surface area contributed by atoms with Crippen LogP contribution in [0.25, 0.3) is 16.6 Å². The maximum atomic E-state index is 13.2. The topological polar surface area (TPSA) is 59.4 Å². The minimum Gasteiger partial charge on any atom is -0.379 e. The molecule has 3 heterocycles. The molecule has 0 radical (unpaired) electrons. The van der Waals surface area contributed by atoms with Gasteiger partial charge in [-0.15, -0.1) is 0 Å². The standard InChI is InChI=1S/C26H30N4O2/c1-3-8-22(9-4-2)30-25(28-21-10-6-5-7-11-21)16-24(31)23-18-27-17-20(26(23)30)19-29-12-14-32-15-13-29/h3-4,6,8-11,16-18,28H,1,5,7,12-15,19H2,2H3/b9-4-,22-8+. The summed E-state index contributed by atoms with van der Waals surface area (Å²) >= 11 is 0. The Hall–Kier alpha value is -3.22. The number of aromatic nitrogens is 2. The third-order valence-electron chi connectivity index (χ3n) is 5.64. The summed E-state index contributed by atoms with van der Waals surface area (Å²) in [5.41, 5.74) is 3.75. The van der Waals surface area contributed by atoms with Gasteiger partial charge in [-0.25, -0.2) is 0 Å². The van der Waals surface area contributed by atoms with Gasteiger partial charge in [0, 0.05) is 55.1 Å². The van der Waals surface area contributed by atoms with Crippen LogP contribution in [-0.4, -0.2) is 40.8 Å². The van der Waals surface area contributed by atoms with E-state index in [2.05, 4.69) is 44.6 Å². The van der Waals surface area contributed by atoms with Crippen LogP contribution in [0.4, 0.5) is 5.82 Å². The molecule has 0 spiro atoms. The number of nitrogens with zero attached hydrogens (tertiary/aromatic N) is 3. The van der Waals surface area contributed by atoms with Gasteiger partial charge in [-0.3, -0.25) is 19.2 Å². The predicted octanol–water partition coefficient (Wildman–Crippen LogP) is 4.48. The van der Waals surface area contributed by atoms with Crippen molar-refractivity contribution >= 4 is 22.4 Å². The molecule has 2 aromatic heterocycles. The second-order valence-electron chi connectivity index (χ2n) is 7.90. The zero-order valence-corrected chi connectivity index (χ0v) is 18.6. The molecule has 1 aliphatic heterocycles. The molecule has 1 fully saturated rings. The minimum atomic E-state index is -0.0473. The number of nitrogens with one attached hydrogen (secondary N) is 1. The van der Waals surface area contributed by atoms with Crippen LogP contribution in [0.2, 0.25) is 0 Å². The maximum Gasteiger partial charge on any atom is 0.193 e. The van der Waals surface area contributed by atoms with E-state index in [1.54, 1.807) is 18.3 Å². The molecule has 1 aliphatic carbocycles. The van der Waals surface area contributed by atoms with E-state index in [-0.39, 0.29) is 5.43 Å². The van der Waals surface area contributed by atoms with Crippen LogP contribution >= 0.6 is 0 Å². The maximum absolute atomic E-state index is 13.2. The summed E-state index contributed by atoms with van der Waals surface area (Å²) in [5, 5.41) is 4.09. The number of ether oxygens (including phenoxy) is 1. The van der Waals surface area contributed by atoms with Gasteiger partial charge in [0.25, 0.3) is 0 Å². The van der Waals surface area contributed by atoms with E-state index in [0.717, 1.165) is 67.4 Å². The van der Waals surface area contributed by atoms with Crippen LogP contribution in [-0.2, 0) is 11.3 Å². The van der Waals surface area contributed by atoms with E-state index >= 15 is 0 Å². The van der Waals surface area contributed by atoms with Gasteiger partial charge < -0.3 is 10.1 Å². The summed E-state index contributed by atoms with van der Waals surface area (Å²) in [4.78, 5) is 19.9. The third-order valence-corrected chi connectivity index (χ3v) is 5.64. The first kappa shape index (κ1) is 22.0. The summed E-state index contributed by atoms with van der Waals surface area (Å²) in [6.07, 6.45) is 19.7. The van der Waals surface area contributed by atoms with Gasteiger partial charge in [0.15, 0.2) is 5.43 Å². The van der Waals surface area contributed by atoms with E-state index in [1.165, 1.54) is 0 Å². The van der Waals surface area contributed by atoms with Crippen molar-refractivity contribution in [2.24, 2.45) is 0 Å². The number of hydrogen-bond acceptors (Lipinski definition) is 5. The molecule has 0 bridgehead atoms. The number of fused-ring (bicyclic) bond motifs is 1. The third kappa shape index (κ3) is 4.82. The zero-order chi connectivity index (χ0) is 22.3. The molecule has 0 atom stereocenters. The van der Waals surface area contributed by atoms with Crippen molar-refractivity contribution in [1.29, 1.82) is 0 Å². The number of morpholine rings is 1. The summed E-state index contributed by atoms with van der Waals surface area (Å²) in [7, 11) is 0. The fourth-order valence-corrected chi connectivity index (χ4v) is 4.15. The minimum absolute atomic E-state index is 0.0473. The summed E-state index contributed by atoms with van der Waals surface area (Å²) < 4.78 is 7.62. The second-order valence-corrected chi connectivity index (χ2v) is 7.90. The molecule has 6 heteroatoms. The van der Waals surface area contributed by atoms with Gasteiger partial charge in [0.1, 0.15) is 5.82 Å². The first-order valence-corrected chi connectivity index (χ1v) is 11.1. The number of hydrogen-bond donors (Lipinski definition) is 1. The lowest BCUT2D eigenvalue weighted by Crippen LogP contribution is -2.36. The normalized spacial score (nSPS) is 17.7. The highest BCUT2D eigenvalue weighted by atomic mass is 16.5. The van der Waals surface area contributed by atoms with E-state index in [0.29, 0.717) is 11.9 Å². The van der Waals surface area contributed by atoms with Gasteiger partial charge in [0.05, 0.1) is 24.1 Å². The molecular formula is C26H30N4O2. The molecule has 32 heavy (non-hydrogen) atoms. The molecule has 0 saturated carbocycles. The fraction of sp³-hybridized carbons (Fsp3) is 0.308. The SMILES string of the molecule is C=C/C=C(\C=C/C)n1c(NC2=CCCC=C2)cc(=O)c2cncc(CN3CCOCC3)c21. The highest BCUT2D eigenvalue weighted by Crippen LogP contribution is 2.27. The van der Waals surface area contributed by atoms with Gasteiger partial charge in [-0.2, -0.15) is 0 Å². The van der Waals surface area contributed by atoms with Crippen molar-refractivity contribution in [1.82, 2.24) is 14.5 Å². The van der Waals surface area contributed by atoms with Gasteiger partial charge in [-0.05, 0) is 38.0 Å². The quantitative estimate of drug-likeness (QED) is 0.657. The van der Waals surface area contributed by atoms with Crippen molar-refractivity contribution in [2.45, 2.75) is 26.3 Å². The molecule has 0 unspecified atom stereocenters. The van der Waals surface area contributed by atoms with Crippen LogP contribution in [0, 0.1) is 0 Å². The molecule has 1 saturated heterocycles.